The van der Waals surface area contributed by atoms with Gasteiger partial charge in [0.2, 0.25) is 27.8 Å². The van der Waals surface area contributed by atoms with E-state index in [1.165, 1.54) is 6.20 Å². The maximum atomic E-state index is 13.5. The molecule has 5 rings (SSSR count). The Morgan fingerprint density at radius 3 is 2.58 bits per heavy atom. The molecule has 3 aromatic heterocycles. The Kier molecular flexibility index (Phi) is 6.52. The molecule has 2 saturated carbocycles. The van der Waals surface area contributed by atoms with Gasteiger partial charge in [0.25, 0.3) is 0 Å². The third-order valence-corrected chi connectivity index (χ3v) is 8.26. The average molecular weight is 510 g/mol. The summed E-state index contributed by atoms with van der Waals surface area (Å²) in [5, 5.41) is 2.53. The fourth-order valence-electron chi connectivity index (χ4n) is 4.40. The molecule has 2 aliphatic carbocycles. The molecule has 3 heterocycles. The first-order valence-corrected chi connectivity index (χ1v) is 13.5. The van der Waals surface area contributed by atoms with Crippen LogP contribution in [0, 0.1) is 0 Å². The number of hydrogen-bond donors (Lipinski definition) is 2. The maximum Gasteiger partial charge on any atom is 0.237 e. The van der Waals surface area contributed by atoms with Gasteiger partial charge in [0.1, 0.15) is 5.82 Å². The van der Waals surface area contributed by atoms with Crippen molar-refractivity contribution in [1.82, 2.24) is 24.9 Å². The lowest BCUT2D eigenvalue weighted by Crippen LogP contribution is -2.39. The summed E-state index contributed by atoms with van der Waals surface area (Å²) in [7, 11) is -3.51. The predicted octanol–water partition coefficient (Wildman–Crippen LogP) is 3.08. The Hall–Kier alpha value is -3.67. The molecule has 0 saturated heterocycles. The number of amides is 1. The van der Waals surface area contributed by atoms with Gasteiger partial charge >= 0.3 is 0 Å². The topological polar surface area (TPSA) is 149 Å². The second kappa shape index (κ2) is 9.76. The third-order valence-electron chi connectivity index (χ3n) is 6.44. The van der Waals surface area contributed by atoms with E-state index in [1.807, 2.05) is 6.92 Å². The van der Waals surface area contributed by atoms with E-state index in [0.717, 1.165) is 18.4 Å². The molecule has 0 spiro atoms. The Bertz CT molecular complexity index is 1350. The second-order valence-electron chi connectivity index (χ2n) is 8.96. The summed E-state index contributed by atoms with van der Waals surface area (Å²) in [5.74, 6) is 0.594. The number of sulfonamides is 1. The summed E-state index contributed by atoms with van der Waals surface area (Å²) >= 11 is 0. The van der Waals surface area contributed by atoms with Crippen LogP contribution in [-0.4, -0.2) is 51.1 Å². The quantitative estimate of drug-likeness (QED) is 0.444. The Labute approximate surface area is 209 Å². The zero-order chi connectivity index (χ0) is 25.2. The molecule has 0 radical (unpaired) electrons. The van der Waals surface area contributed by atoms with Crippen molar-refractivity contribution in [3.05, 3.63) is 48.7 Å². The first kappa shape index (κ1) is 24.0. The van der Waals surface area contributed by atoms with Crippen LogP contribution in [0.2, 0.25) is 0 Å². The molecule has 0 unspecified atom stereocenters. The van der Waals surface area contributed by atoms with Crippen LogP contribution in [0.1, 0.15) is 51.1 Å². The van der Waals surface area contributed by atoms with E-state index in [-0.39, 0.29) is 11.9 Å². The number of anilines is 2. The maximum absolute atomic E-state index is 13.5. The smallest absolute Gasteiger partial charge is 0.237 e. The van der Waals surface area contributed by atoms with Crippen LogP contribution in [0.15, 0.2) is 43.0 Å². The van der Waals surface area contributed by atoms with Crippen LogP contribution in [0.5, 0.6) is 5.88 Å². The van der Waals surface area contributed by atoms with Gasteiger partial charge in [-0.25, -0.2) is 28.4 Å². The van der Waals surface area contributed by atoms with E-state index in [4.69, 9.17) is 4.74 Å². The molecule has 1 amide bonds. The van der Waals surface area contributed by atoms with Crippen molar-refractivity contribution >= 4 is 27.7 Å². The average Bonchev–Trinajstić information content (AvgIpc) is 3.63. The van der Waals surface area contributed by atoms with Crippen molar-refractivity contribution in [1.29, 1.82) is 0 Å². The molecular weight excluding hydrogens is 482 g/mol. The first-order chi connectivity index (χ1) is 17.4. The summed E-state index contributed by atoms with van der Waals surface area (Å²) < 4.78 is 32.5. The van der Waals surface area contributed by atoms with E-state index >= 15 is 0 Å². The van der Waals surface area contributed by atoms with Gasteiger partial charge in [-0.05, 0) is 50.8 Å². The number of nitrogens with one attached hydrogen (secondary N) is 2. The van der Waals surface area contributed by atoms with Crippen LogP contribution in [0.3, 0.4) is 0 Å². The van der Waals surface area contributed by atoms with Crippen LogP contribution >= 0.6 is 0 Å². The van der Waals surface area contributed by atoms with Crippen LogP contribution < -0.4 is 14.8 Å². The standard InChI is InChI=1S/C24H27N7O4S/c1-2-35-21-15-25-14-18(28-21)16-5-8-20(27-13-16)30-22(32)24(10-3-4-11-24)19-9-12-26-23(29-19)31-36(33,34)17-6-7-17/h5,8-9,12-15,17H,2-4,6-7,10-11H2,1H3,(H,26,29,31)(H,27,30,32). The van der Waals surface area contributed by atoms with Gasteiger partial charge in [-0.1, -0.05) is 12.8 Å². The molecule has 12 heteroatoms. The molecule has 0 bridgehead atoms. The van der Waals surface area contributed by atoms with Gasteiger partial charge in [0.15, 0.2) is 0 Å². The normalized spacial score (nSPS) is 16.9. The zero-order valence-corrected chi connectivity index (χ0v) is 20.7. The summed E-state index contributed by atoms with van der Waals surface area (Å²) in [6.45, 7) is 2.36. The van der Waals surface area contributed by atoms with Crippen molar-refractivity contribution in [2.24, 2.45) is 0 Å². The Morgan fingerprint density at radius 1 is 1.08 bits per heavy atom. The van der Waals surface area contributed by atoms with Crippen molar-refractivity contribution < 1.29 is 17.9 Å². The summed E-state index contributed by atoms with van der Waals surface area (Å²) in [6.07, 6.45) is 10.5. The molecule has 2 N–H and O–H groups in total. The fourth-order valence-corrected chi connectivity index (χ4v) is 5.68. The van der Waals surface area contributed by atoms with Crippen molar-refractivity contribution in [3.8, 4) is 17.1 Å². The number of nitrogens with zero attached hydrogens (tertiary/aromatic N) is 5. The van der Waals surface area contributed by atoms with Gasteiger partial charge in [-0.3, -0.25) is 14.5 Å². The lowest BCUT2D eigenvalue weighted by Gasteiger charge is -2.27. The van der Waals surface area contributed by atoms with Crippen LogP contribution in [0.4, 0.5) is 11.8 Å². The number of rotatable bonds is 9. The minimum Gasteiger partial charge on any atom is -0.477 e. The summed E-state index contributed by atoms with van der Waals surface area (Å²) in [6, 6.07) is 5.19. The van der Waals surface area contributed by atoms with E-state index in [2.05, 4.69) is 35.0 Å². The van der Waals surface area contributed by atoms with E-state index < -0.39 is 20.7 Å². The largest absolute Gasteiger partial charge is 0.477 e. The zero-order valence-electron chi connectivity index (χ0n) is 19.8. The fraction of sp³-hybridized carbons (Fsp3) is 0.417. The SMILES string of the molecule is CCOc1cncc(-c2ccc(NC(=O)C3(c4ccnc(NS(=O)(=O)C5CC5)n4)CCCC3)nc2)n1. The third kappa shape index (κ3) is 4.99. The summed E-state index contributed by atoms with van der Waals surface area (Å²) in [4.78, 5) is 35.0. The molecular formula is C24H27N7O4S. The van der Waals surface area contributed by atoms with Crippen LogP contribution in [0.25, 0.3) is 11.3 Å². The Balaban J connectivity index is 1.34. The Morgan fingerprint density at radius 2 is 1.89 bits per heavy atom. The highest BCUT2D eigenvalue weighted by Crippen LogP contribution is 2.41. The number of pyridine rings is 1. The molecule has 36 heavy (non-hydrogen) atoms. The molecule has 188 valence electrons. The number of carbonyl (C=O) groups is 1. The van der Waals surface area contributed by atoms with E-state index in [9.17, 15) is 13.2 Å². The van der Waals surface area contributed by atoms with Gasteiger partial charge in [0.05, 0.1) is 41.1 Å². The predicted molar refractivity (Wildman–Crippen MR) is 133 cm³/mol. The van der Waals surface area contributed by atoms with Crippen molar-refractivity contribution in [2.75, 3.05) is 16.6 Å². The lowest BCUT2D eigenvalue weighted by molar-refractivity contribution is -0.121. The molecule has 3 aromatic rings. The molecule has 2 fully saturated rings. The van der Waals surface area contributed by atoms with Crippen LogP contribution in [-0.2, 0) is 20.2 Å². The number of carbonyl (C=O) groups excluding carboxylic acids is 1. The summed E-state index contributed by atoms with van der Waals surface area (Å²) in [5.41, 5.74) is 0.961. The van der Waals surface area contributed by atoms with Crippen molar-refractivity contribution in [2.45, 2.75) is 56.1 Å². The molecule has 2 aliphatic rings. The first-order valence-electron chi connectivity index (χ1n) is 12.0. The highest BCUT2D eigenvalue weighted by Gasteiger charge is 2.45. The van der Waals surface area contributed by atoms with Gasteiger partial charge in [-0.2, -0.15) is 0 Å². The number of ether oxygens (including phenoxy) is 1. The number of hydrogen-bond acceptors (Lipinski definition) is 9. The minimum atomic E-state index is -3.51. The van der Waals surface area contributed by atoms with Gasteiger partial charge in [0, 0.05) is 18.0 Å². The van der Waals surface area contributed by atoms with Gasteiger partial charge < -0.3 is 10.1 Å². The molecule has 0 aromatic carbocycles. The number of aromatic nitrogens is 5. The minimum absolute atomic E-state index is 0.00338. The monoisotopic (exact) mass is 509 g/mol. The highest BCUT2D eigenvalue weighted by atomic mass is 32.2. The van der Waals surface area contributed by atoms with E-state index in [1.54, 1.807) is 36.8 Å². The lowest BCUT2D eigenvalue weighted by atomic mass is 9.81. The molecule has 0 atom stereocenters. The van der Waals surface area contributed by atoms with Crippen molar-refractivity contribution in [3.63, 3.8) is 0 Å². The second-order valence-corrected chi connectivity index (χ2v) is 10.9. The van der Waals surface area contributed by atoms with Gasteiger partial charge in [-0.15, -0.1) is 0 Å². The molecule has 11 nitrogen and oxygen atoms in total. The van der Waals surface area contributed by atoms with E-state index in [0.29, 0.717) is 55.4 Å². The highest BCUT2D eigenvalue weighted by molar-refractivity contribution is 7.93. The molecule has 0 aliphatic heterocycles.